The number of carbonyl (C=O) groups excluding carboxylic acids is 1. The molecule has 0 saturated carbocycles. The molecule has 1 amide bonds. The van der Waals surface area contributed by atoms with Gasteiger partial charge in [-0.05, 0) is 29.2 Å². The zero-order valence-corrected chi connectivity index (χ0v) is 13.4. The van der Waals surface area contributed by atoms with Crippen molar-refractivity contribution in [1.82, 2.24) is 9.88 Å². The molecule has 0 saturated heterocycles. The van der Waals surface area contributed by atoms with Gasteiger partial charge in [0.05, 0.1) is 18.3 Å². The Morgan fingerprint density at radius 1 is 1.18 bits per heavy atom. The van der Waals surface area contributed by atoms with Gasteiger partial charge in [-0.1, -0.05) is 38.1 Å². The Kier molecular flexibility index (Phi) is 5.15. The average molecular weight is 297 g/mol. The third-order valence-electron chi connectivity index (χ3n) is 3.67. The highest BCUT2D eigenvalue weighted by atomic mass is 16.2. The molecule has 2 rings (SSSR count). The topological polar surface area (TPSA) is 59.2 Å². The lowest BCUT2D eigenvalue weighted by molar-refractivity contribution is -0.129. The first kappa shape index (κ1) is 16.0. The van der Waals surface area contributed by atoms with Crippen LogP contribution in [0.5, 0.6) is 0 Å². The van der Waals surface area contributed by atoms with Gasteiger partial charge in [-0.25, -0.2) is 0 Å². The fraction of sp³-hybridized carbons (Fsp3) is 0.333. The van der Waals surface area contributed by atoms with E-state index in [4.69, 9.17) is 5.73 Å². The zero-order valence-electron chi connectivity index (χ0n) is 13.4. The summed E-state index contributed by atoms with van der Waals surface area (Å²) in [6, 6.07) is 12.0. The van der Waals surface area contributed by atoms with Crippen LogP contribution in [0.1, 0.15) is 36.6 Å². The predicted octanol–water partition coefficient (Wildman–Crippen LogP) is 2.99. The van der Waals surface area contributed by atoms with E-state index >= 15 is 0 Å². The Labute approximate surface area is 132 Å². The molecule has 0 unspecified atom stereocenters. The second kappa shape index (κ2) is 7.07. The van der Waals surface area contributed by atoms with Crippen LogP contribution in [0.4, 0.5) is 5.69 Å². The number of pyridine rings is 1. The number of nitrogens with two attached hydrogens (primary N) is 1. The molecule has 4 heteroatoms. The van der Waals surface area contributed by atoms with Gasteiger partial charge in [0.25, 0.3) is 0 Å². The summed E-state index contributed by atoms with van der Waals surface area (Å²) < 4.78 is 0. The maximum atomic E-state index is 12.2. The van der Waals surface area contributed by atoms with Crippen LogP contribution >= 0.6 is 0 Å². The lowest BCUT2D eigenvalue weighted by Gasteiger charge is -2.17. The van der Waals surface area contributed by atoms with E-state index in [0.29, 0.717) is 24.6 Å². The molecule has 0 atom stereocenters. The summed E-state index contributed by atoms with van der Waals surface area (Å²) in [5, 5.41) is 0. The Hall–Kier alpha value is -2.36. The number of amides is 1. The number of likely N-dealkylation sites (N-methyl/N-ethyl adjacent to an activating group) is 1. The fourth-order valence-corrected chi connectivity index (χ4v) is 2.20. The van der Waals surface area contributed by atoms with Crippen LogP contribution in [0.15, 0.2) is 42.6 Å². The van der Waals surface area contributed by atoms with Crippen molar-refractivity contribution in [2.45, 2.75) is 32.7 Å². The van der Waals surface area contributed by atoms with Gasteiger partial charge in [0.2, 0.25) is 5.91 Å². The van der Waals surface area contributed by atoms with Crippen molar-refractivity contribution >= 4 is 11.6 Å². The van der Waals surface area contributed by atoms with Gasteiger partial charge in [-0.3, -0.25) is 9.78 Å². The van der Waals surface area contributed by atoms with E-state index in [0.717, 1.165) is 11.3 Å². The third kappa shape index (κ3) is 4.32. The van der Waals surface area contributed by atoms with Crippen LogP contribution in [-0.4, -0.2) is 22.8 Å². The van der Waals surface area contributed by atoms with Crippen LogP contribution in [0.3, 0.4) is 0 Å². The summed E-state index contributed by atoms with van der Waals surface area (Å²) in [5.41, 5.74) is 9.38. The van der Waals surface area contributed by atoms with Gasteiger partial charge in [0.15, 0.2) is 0 Å². The fourth-order valence-electron chi connectivity index (χ4n) is 2.20. The van der Waals surface area contributed by atoms with Gasteiger partial charge in [-0.15, -0.1) is 0 Å². The molecule has 0 aliphatic carbocycles. The number of aromatic nitrogens is 1. The van der Waals surface area contributed by atoms with Crippen LogP contribution in [0, 0.1) is 0 Å². The molecule has 22 heavy (non-hydrogen) atoms. The Morgan fingerprint density at radius 3 is 2.41 bits per heavy atom. The molecule has 116 valence electrons. The molecule has 1 heterocycles. The van der Waals surface area contributed by atoms with Crippen LogP contribution in [-0.2, 0) is 17.8 Å². The molecule has 0 aliphatic rings. The normalized spacial score (nSPS) is 10.7. The molecule has 0 spiro atoms. The summed E-state index contributed by atoms with van der Waals surface area (Å²) >= 11 is 0. The third-order valence-corrected chi connectivity index (χ3v) is 3.67. The number of hydrogen-bond donors (Lipinski definition) is 1. The lowest BCUT2D eigenvalue weighted by atomic mass is 10.0. The molecular weight excluding hydrogens is 274 g/mol. The largest absolute Gasteiger partial charge is 0.397 e. The van der Waals surface area contributed by atoms with Crippen molar-refractivity contribution in [3.8, 4) is 0 Å². The molecule has 0 radical (unpaired) electrons. The van der Waals surface area contributed by atoms with Crippen LogP contribution < -0.4 is 5.73 Å². The number of anilines is 1. The van der Waals surface area contributed by atoms with Crippen LogP contribution in [0.2, 0.25) is 0 Å². The first-order chi connectivity index (χ1) is 10.5. The highest BCUT2D eigenvalue weighted by Crippen LogP contribution is 2.15. The van der Waals surface area contributed by atoms with Gasteiger partial charge in [0, 0.05) is 19.3 Å². The van der Waals surface area contributed by atoms with Crippen molar-refractivity contribution in [2.75, 3.05) is 12.8 Å². The maximum absolute atomic E-state index is 12.2. The quantitative estimate of drug-likeness (QED) is 0.923. The molecule has 0 bridgehead atoms. The lowest BCUT2D eigenvalue weighted by Crippen LogP contribution is -2.28. The van der Waals surface area contributed by atoms with E-state index in [9.17, 15) is 4.79 Å². The van der Waals surface area contributed by atoms with Crippen molar-refractivity contribution in [2.24, 2.45) is 0 Å². The molecule has 4 nitrogen and oxygen atoms in total. The van der Waals surface area contributed by atoms with Crippen molar-refractivity contribution in [3.63, 3.8) is 0 Å². The highest BCUT2D eigenvalue weighted by Gasteiger charge is 2.11. The molecule has 2 aromatic rings. The van der Waals surface area contributed by atoms with Gasteiger partial charge < -0.3 is 10.6 Å². The van der Waals surface area contributed by atoms with E-state index in [2.05, 4.69) is 43.1 Å². The molecule has 1 aromatic heterocycles. The van der Waals surface area contributed by atoms with Gasteiger partial charge >= 0.3 is 0 Å². The van der Waals surface area contributed by atoms with E-state index in [1.165, 1.54) is 5.56 Å². The van der Waals surface area contributed by atoms with E-state index < -0.39 is 0 Å². The SMILES string of the molecule is CC(C)c1ccc(CN(C)C(=O)Cc2ccc(N)cn2)cc1. The minimum atomic E-state index is 0.0465. The number of nitrogens with zero attached hydrogens (tertiary/aromatic N) is 2. The van der Waals surface area contributed by atoms with Gasteiger partial charge in [-0.2, -0.15) is 0 Å². The average Bonchev–Trinajstić information content (AvgIpc) is 2.50. The van der Waals surface area contributed by atoms with Crippen LogP contribution in [0.25, 0.3) is 0 Å². The van der Waals surface area contributed by atoms with E-state index in [-0.39, 0.29) is 5.91 Å². The number of carbonyl (C=O) groups is 1. The molecule has 0 fully saturated rings. The minimum absolute atomic E-state index is 0.0465. The van der Waals surface area contributed by atoms with Gasteiger partial charge in [0.1, 0.15) is 0 Å². The molecule has 1 aromatic carbocycles. The molecular formula is C18H23N3O. The monoisotopic (exact) mass is 297 g/mol. The summed E-state index contributed by atoms with van der Waals surface area (Å²) in [4.78, 5) is 18.1. The summed E-state index contributed by atoms with van der Waals surface area (Å²) in [7, 11) is 1.82. The van der Waals surface area contributed by atoms with Crippen molar-refractivity contribution in [3.05, 3.63) is 59.4 Å². The zero-order chi connectivity index (χ0) is 16.1. The smallest absolute Gasteiger partial charge is 0.228 e. The Morgan fingerprint density at radius 2 is 1.86 bits per heavy atom. The summed E-state index contributed by atoms with van der Waals surface area (Å²) in [5.74, 6) is 0.565. The molecule has 2 N–H and O–H groups in total. The first-order valence-electron chi connectivity index (χ1n) is 7.49. The van der Waals surface area contributed by atoms with E-state index in [1.807, 2.05) is 7.05 Å². The number of nitrogen functional groups attached to an aromatic ring is 1. The maximum Gasteiger partial charge on any atom is 0.228 e. The van der Waals surface area contributed by atoms with E-state index in [1.54, 1.807) is 23.2 Å². The Balaban J connectivity index is 1.94. The minimum Gasteiger partial charge on any atom is -0.397 e. The second-order valence-electron chi connectivity index (χ2n) is 5.91. The standard InChI is InChI=1S/C18H23N3O/c1-13(2)15-6-4-14(5-7-15)12-21(3)18(22)10-17-9-8-16(19)11-20-17/h4-9,11,13H,10,12,19H2,1-3H3. The first-order valence-corrected chi connectivity index (χ1v) is 7.49. The number of rotatable bonds is 5. The molecule has 0 aliphatic heterocycles. The summed E-state index contributed by atoms with van der Waals surface area (Å²) in [6.45, 7) is 4.95. The highest BCUT2D eigenvalue weighted by molar-refractivity contribution is 5.78. The number of benzene rings is 1. The van der Waals surface area contributed by atoms with Crippen molar-refractivity contribution in [1.29, 1.82) is 0 Å². The predicted molar refractivity (Wildman–Crippen MR) is 89.4 cm³/mol. The number of hydrogen-bond acceptors (Lipinski definition) is 3. The summed E-state index contributed by atoms with van der Waals surface area (Å²) in [6.07, 6.45) is 1.87. The second-order valence-corrected chi connectivity index (χ2v) is 5.91. The Bertz CT molecular complexity index is 618. The van der Waals surface area contributed by atoms with Crippen molar-refractivity contribution < 1.29 is 4.79 Å².